The maximum Gasteiger partial charge on any atom is 0.252 e. The Bertz CT molecular complexity index is 298. The molecule has 1 unspecified atom stereocenters. The average Bonchev–Trinajstić information content (AvgIpc) is 2.65. The van der Waals surface area contributed by atoms with Gasteiger partial charge in [0.25, 0.3) is 5.91 Å². The minimum atomic E-state index is 0.0180. The van der Waals surface area contributed by atoms with Crippen molar-refractivity contribution in [1.29, 1.82) is 0 Å². The lowest BCUT2D eigenvalue weighted by Crippen LogP contribution is -2.29. The minimum absolute atomic E-state index is 0.0180. The third kappa shape index (κ3) is 4.80. The molecule has 15 heavy (non-hydrogen) atoms. The summed E-state index contributed by atoms with van der Waals surface area (Å²) in [7, 11) is 0. The van der Waals surface area contributed by atoms with Gasteiger partial charge in [-0.1, -0.05) is 29.8 Å². The first kappa shape index (κ1) is 12.7. The van der Waals surface area contributed by atoms with E-state index in [9.17, 15) is 4.79 Å². The summed E-state index contributed by atoms with van der Waals surface area (Å²) < 4.78 is 0. The highest BCUT2D eigenvalue weighted by Crippen LogP contribution is 2.12. The molecular formula is C11H16BrNOS. The summed E-state index contributed by atoms with van der Waals surface area (Å²) in [6.07, 6.45) is 1.07. The smallest absolute Gasteiger partial charge is 0.252 e. The fourth-order valence-electron chi connectivity index (χ4n) is 1.29. The van der Waals surface area contributed by atoms with Crippen LogP contribution in [0.4, 0.5) is 0 Å². The van der Waals surface area contributed by atoms with Crippen LogP contribution in [0.25, 0.3) is 0 Å². The molecule has 4 heteroatoms. The first-order valence-electron chi connectivity index (χ1n) is 5.04. The molecule has 84 valence electrons. The molecule has 0 radical (unpaired) electrons. The Labute approximate surface area is 103 Å². The van der Waals surface area contributed by atoms with E-state index in [4.69, 9.17) is 0 Å². The predicted octanol–water partition coefficient (Wildman–Crippen LogP) is 3.29. The molecule has 1 aromatic rings. The van der Waals surface area contributed by atoms with Crippen molar-refractivity contribution in [3.05, 3.63) is 22.4 Å². The number of alkyl halides is 1. The largest absolute Gasteiger partial charge is 0.351 e. The summed E-state index contributed by atoms with van der Waals surface area (Å²) >= 11 is 5.10. The van der Waals surface area contributed by atoms with Gasteiger partial charge in [-0.2, -0.15) is 11.3 Å². The Balaban J connectivity index is 2.28. The SMILES string of the molecule is CC(C)CC(Br)CNC(=O)c1ccsc1. The topological polar surface area (TPSA) is 29.1 Å². The van der Waals surface area contributed by atoms with Gasteiger partial charge in [0.15, 0.2) is 0 Å². The molecule has 0 fully saturated rings. The minimum Gasteiger partial charge on any atom is -0.351 e. The van der Waals surface area contributed by atoms with E-state index in [0.29, 0.717) is 17.3 Å². The van der Waals surface area contributed by atoms with Gasteiger partial charge in [0.05, 0.1) is 0 Å². The molecule has 0 aliphatic carbocycles. The molecule has 1 aromatic heterocycles. The number of hydrogen-bond donors (Lipinski definition) is 1. The molecule has 0 aliphatic heterocycles. The molecule has 1 atom stereocenters. The number of rotatable bonds is 5. The van der Waals surface area contributed by atoms with Crippen LogP contribution in [0.2, 0.25) is 0 Å². The molecular weight excluding hydrogens is 274 g/mol. The standard InChI is InChI=1S/C11H16BrNOS/c1-8(2)5-10(12)6-13-11(14)9-3-4-15-7-9/h3-4,7-8,10H,5-6H2,1-2H3,(H,13,14). The van der Waals surface area contributed by atoms with E-state index in [1.165, 1.54) is 0 Å². The maximum atomic E-state index is 11.6. The Hall–Kier alpha value is -0.350. The van der Waals surface area contributed by atoms with Gasteiger partial charge >= 0.3 is 0 Å². The van der Waals surface area contributed by atoms with E-state index < -0.39 is 0 Å². The second-order valence-electron chi connectivity index (χ2n) is 3.95. The summed E-state index contributed by atoms with van der Waals surface area (Å²) in [6.45, 7) is 5.04. The summed E-state index contributed by atoms with van der Waals surface area (Å²) in [6, 6.07) is 1.84. The van der Waals surface area contributed by atoms with E-state index in [-0.39, 0.29) is 5.91 Å². The Morgan fingerprint density at radius 3 is 2.87 bits per heavy atom. The maximum absolute atomic E-state index is 11.6. The predicted molar refractivity (Wildman–Crippen MR) is 68.8 cm³/mol. The molecule has 0 spiro atoms. The van der Waals surface area contributed by atoms with Crippen LogP contribution in [0, 0.1) is 5.92 Å². The molecule has 0 aromatic carbocycles. The summed E-state index contributed by atoms with van der Waals surface area (Å²) in [5, 5.41) is 6.68. The van der Waals surface area contributed by atoms with E-state index in [0.717, 1.165) is 12.0 Å². The van der Waals surface area contributed by atoms with Gasteiger partial charge in [0.1, 0.15) is 0 Å². The zero-order chi connectivity index (χ0) is 11.3. The lowest BCUT2D eigenvalue weighted by Gasteiger charge is -2.12. The normalized spacial score (nSPS) is 12.8. The van der Waals surface area contributed by atoms with Crippen molar-refractivity contribution in [3.63, 3.8) is 0 Å². The molecule has 0 saturated heterocycles. The molecule has 1 heterocycles. The van der Waals surface area contributed by atoms with E-state index in [2.05, 4.69) is 35.1 Å². The van der Waals surface area contributed by atoms with Gasteiger partial charge in [-0.25, -0.2) is 0 Å². The molecule has 1 N–H and O–H groups in total. The zero-order valence-corrected chi connectivity index (χ0v) is 11.4. The third-order valence-corrected chi connectivity index (χ3v) is 3.38. The number of carbonyl (C=O) groups is 1. The molecule has 1 amide bonds. The molecule has 2 nitrogen and oxygen atoms in total. The Kier molecular flexibility index (Phi) is 5.32. The highest BCUT2D eigenvalue weighted by Gasteiger charge is 2.10. The van der Waals surface area contributed by atoms with E-state index in [1.807, 2.05) is 16.8 Å². The highest BCUT2D eigenvalue weighted by molar-refractivity contribution is 9.09. The lowest BCUT2D eigenvalue weighted by atomic mass is 10.1. The van der Waals surface area contributed by atoms with Crippen molar-refractivity contribution in [1.82, 2.24) is 5.32 Å². The Morgan fingerprint density at radius 2 is 2.33 bits per heavy atom. The summed E-state index contributed by atoms with van der Waals surface area (Å²) in [5.41, 5.74) is 0.754. The fraction of sp³-hybridized carbons (Fsp3) is 0.545. The number of carbonyl (C=O) groups excluding carboxylic acids is 1. The van der Waals surface area contributed by atoms with Gasteiger partial charge < -0.3 is 5.32 Å². The number of halogens is 1. The van der Waals surface area contributed by atoms with Crippen LogP contribution in [0.15, 0.2) is 16.8 Å². The van der Waals surface area contributed by atoms with Crippen molar-refractivity contribution in [2.75, 3.05) is 6.54 Å². The van der Waals surface area contributed by atoms with Crippen LogP contribution in [0.5, 0.6) is 0 Å². The van der Waals surface area contributed by atoms with Crippen molar-refractivity contribution in [2.45, 2.75) is 25.1 Å². The van der Waals surface area contributed by atoms with Gasteiger partial charge in [0, 0.05) is 22.3 Å². The summed E-state index contributed by atoms with van der Waals surface area (Å²) in [4.78, 5) is 11.9. The van der Waals surface area contributed by atoms with E-state index >= 15 is 0 Å². The Morgan fingerprint density at radius 1 is 1.60 bits per heavy atom. The van der Waals surface area contributed by atoms with Crippen LogP contribution in [0.3, 0.4) is 0 Å². The molecule has 0 aliphatic rings. The van der Waals surface area contributed by atoms with Crippen molar-refractivity contribution in [3.8, 4) is 0 Å². The van der Waals surface area contributed by atoms with Crippen LogP contribution in [-0.4, -0.2) is 17.3 Å². The summed E-state index contributed by atoms with van der Waals surface area (Å²) in [5.74, 6) is 0.664. The average molecular weight is 290 g/mol. The van der Waals surface area contributed by atoms with Crippen molar-refractivity contribution in [2.24, 2.45) is 5.92 Å². The first-order valence-corrected chi connectivity index (χ1v) is 6.90. The van der Waals surface area contributed by atoms with Crippen LogP contribution in [0.1, 0.15) is 30.6 Å². The lowest BCUT2D eigenvalue weighted by molar-refractivity contribution is 0.0954. The van der Waals surface area contributed by atoms with Crippen LogP contribution >= 0.6 is 27.3 Å². The number of amides is 1. The van der Waals surface area contributed by atoms with Crippen molar-refractivity contribution < 1.29 is 4.79 Å². The molecule has 0 bridgehead atoms. The van der Waals surface area contributed by atoms with Gasteiger partial charge in [0.2, 0.25) is 0 Å². The van der Waals surface area contributed by atoms with Crippen molar-refractivity contribution >= 4 is 33.2 Å². The number of hydrogen-bond acceptors (Lipinski definition) is 2. The van der Waals surface area contributed by atoms with Crippen LogP contribution in [-0.2, 0) is 0 Å². The quantitative estimate of drug-likeness (QED) is 0.828. The van der Waals surface area contributed by atoms with Crippen LogP contribution < -0.4 is 5.32 Å². The number of thiophene rings is 1. The second-order valence-corrected chi connectivity index (χ2v) is 6.02. The highest BCUT2D eigenvalue weighted by atomic mass is 79.9. The molecule has 1 rings (SSSR count). The van der Waals surface area contributed by atoms with E-state index in [1.54, 1.807) is 11.3 Å². The van der Waals surface area contributed by atoms with Gasteiger partial charge in [-0.05, 0) is 23.8 Å². The van der Waals surface area contributed by atoms with Gasteiger partial charge in [-0.3, -0.25) is 4.79 Å². The van der Waals surface area contributed by atoms with Gasteiger partial charge in [-0.15, -0.1) is 0 Å². The third-order valence-electron chi connectivity index (χ3n) is 1.99. The second kappa shape index (κ2) is 6.28. The first-order chi connectivity index (χ1) is 7.09. The zero-order valence-electron chi connectivity index (χ0n) is 9.00. The molecule has 0 saturated carbocycles. The fourth-order valence-corrected chi connectivity index (χ4v) is 2.84. The number of nitrogens with one attached hydrogen (secondary N) is 1. The monoisotopic (exact) mass is 289 g/mol.